The first kappa shape index (κ1) is 14.5. The summed E-state index contributed by atoms with van der Waals surface area (Å²) in [6.07, 6.45) is 4.86. The predicted octanol–water partition coefficient (Wildman–Crippen LogP) is 3.00. The number of hydrogen-bond donors (Lipinski definition) is 1. The molecular weight excluding hydrogens is 214 g/mol. The van der Waals surface area contributed by atoms with E-state index in [-0.39, 0.29) is 6.42 Å². The normalized spacial score (nSPS) is 28.3. The van der Waals surface area contributed by atoms with E-state index in [9.17, 15) is 4.79 Å². The Bertz CT molecular complexity index is 263. The maximum Gasteiger partial charge on any atom is 0.303 e. The number of carboxylic acid groups (broad SMARTS) is 1. The zero-order valence-electron chi connectivity index (χ0n) is 11.7. The Morgan fingerprint density at radius 3 is 2.65 bits per heavy atom. The lowest BCUT2D eigenvalue weighted by Gasteiger charge is -2.43. The summed E-state index contributed by atoms with van der Waals surface area (Å²) in [5.74, 6) is 0.0322. The van der Waals surface area contributed by atoms with Gasteiger partial charge in [0.15, 0.2) is 0 Å². The molecule has 1 aliphatic rings. The quantitative estimate of drug-likeness (QED) is 0.804. The van der Waals surface area contributed by atoms with Crippen LogP contribution in [-0.2, 0) is 4.79 Å². The lowest BCUT2D eigenvalue weighted by Crippen LogP contribution is -2.43. The molecule has 0 saturated heterocycles. The maximum absolute atomic E-state index is 10.5. The van der Waals surface area contributed by atoms with Crippen molar-refractivity contribution >= 4 is 5.97 Å². The molecule has 1 aliphatic carbocycles. The Labute approximate surface area is 105 Å². The molecule has 0 aromatic carbocycles. The number of nitrogens with zero attached hydrogens (tertiary/aromatic N) is 1. The molecule has 3 heteroatoms. The summed E-state index contributed by atoms with van der Waals surface area (Å²) in [5, 5.41) is 8.64. The van der Waals surface area contributed by atoms with Crippen LogP contribution in [0.2, 0.25) is 0 Å². The third-order valence-electron chi connectivity index (χ3n) is 4.12. The first-order valence-corrected chi connectivity index (χ1v) is 6.74. The zero-order valence-corrected chi connectivity index (χ0v) is 11.7. The van der Waals surface area contributed by atoms with Gasteiger partial charge in [-0.05, 0) is 50.6 Å². The van der Waals surface area contributed by atoms with Crippen molar-refractivity contribution in [1.29, 1.82) is 0 Å². The SMILES string of the molecule is CC1CC(C)(C)CCC1N(C)CCCC(=O)O. The van der Waals surface area contributed by atoms with E-state index in [1.54, 1.807) is 0 Å². The number of carboxylic acids is 1. The fourth-order valence-corrected chi connectivity index (χ4v) is 3.23. The Balaban J connectivity index is 2.37. The first-order chi connectivity index (χ1) is 7.82. The Hall–Kier alpha value is -0.570. The van der Waals surface area contributed by atoms with Crippen molar-refractivity contribution < 1.29 is 9.90 Å². The Morgan fingerprint density at radius 2 is 2.12 bits per heavy atom. The minimum absolute atomic E-state index is 0.289. The van der Waals surface area contributed by atoms with Crippen LogP contribution in [0.4, 0.5) is 0 Å². The second-order valence-electron chi connectivity index (χ2n) is 6.43. The summed E-state index contributed by atoms with van der Waals surface area (Å²) in [6.45, 7) is 7.94. The third-order valence-corrected chi connectivity index (χ3v) is 4.12. The van der Waals surface area contributed by atoms with Gasteiger partial charge in [-0.25, -0.2) is 0 Å². The molecule has 1 saturated carbocycles. The van der Waals surface area contributed by atoms with Crippen molar-refractivity contribution in [2.24, 2.45) is 11.3 Å². The van der Waals surface area contributed by atoms with Gasteiger partial charge in [0.05, 0.1) is 0 Å². The van der Waals surface area contributed by atoms with Gasteiger partial charge in [0.2, 0.25) is 0 Å². The number of carbonyl (C=O) groups is 1. The van der Waals surface area contributed by atoms with Crippen molar-refractivity contribution in [3.8, 4) is 0 Å². The van der Waals surface area contributed by atoms with E-state index in [0.29, 0.717) is 17.4 Å². The van der Waals surface area contributed by atoms with Gasteiger partial charge in [-0.3, -0.25) is 4.79 Å². The maximum atomic E-state index is 10.5. The van der Waals surface area contributed by atoms with E-state index < -0.39 is 5.97 Å². The lowest BCUT2D eigenvalue weighted by molar-refractivity contribution is -0.137. The van der Waals surface area contributed by atoms with E-state index >= 15 is 0 Å². The van der Waals surface area contributed by atoms with Crippen LogP contribution in [-0.4, -0.2) is 35.6 Å². The second-order valence-corrected chi connectivity index (χ2v) is 6.43. The molecule has 1 rings (SSSR count). The summed E-state index contributed by atoms with van der Waals surface area (Å²) in [7, 11) is 2.14. The van der Waals surface area contributed by atoms with Crippen molar-refractivity contribution in [1.82, 2.24) is 4.90 Å². The third kappa shape index (κ3) is 4.66. The van der Waals surface area contributed by atoms with Crippen molar-refractivity contribution in [2.45, 2.75) is 58.9 Å². The topological polar surface area (TPSA) is 40.5 Å². The summed E-state index contributed by atoms with van der Waals surface area (Å²) >= 11 is 0. The Kier molecular flexibility index (Phi) is 4.99. The molecule has 2 atom stereocenters. The molecule has 1 fully saturated rings. The molecule has 0 spiro atoms. The van der Waals surface area contributed by atoms with Crippen LogP contribution < -0.4 is 0 Å². The summed E-state index contributed by atoms with van der Waals surface area (Å²) < 4.78 is 0. The van der Waals surface area contributed by atoms with Crippen LogP contribution in [0.3, 0.4) is 0 Å². The standard InChI is InChI=1S/C14H27NO2/c1-11-10-14(2,3)8-7-12(11)15(4)9-5-6-13(16)17/h11-12H,5-10H2,1-4H3,(H,16,17). The van der Waals surface area contributed by atoms with Gasteiger partial charge in [-0.2, -0.15) is 0 Å². The molecule has 0 aliphatic heterocycles. The van der Waals surface area contributed by atoms with Gasteiger partial charge >= 0.3 is 5.97 Å². The van der Waals surface area contributed by atoms with E-state index in [1.807, 2.05) is 0 Å². The van der Waals surface area contributed by atoms with Gasteiger partial charge in [0, 0.05) is 12.5 Å². The van der Waals surface area contributed by atoms with E-state index in [1.165, 1.54) is 19.3 Å². The minimum Gasteiger partial charge on any atom is -0.481 e. The molecule has 0 aromatic heterocycles. The predicted molar refractivity (Wildman–Crippen MR) is 70.1 cm³/mol. The molecule has 1 N–H and O–H groups in total. The molecule has 0 heterocycles. The van der Waals surface area contributed by atoms with Crippen LogP contribution in [0.15, 0.2) is 0 Å². The monoisotopic (exact) mass is 241 g/mol. The summed E-state index contributed by atoms with van der Waals surface area (Å²) in [5.41, 5.74) is 0.484. The molecule has 3 nitrogen and oxygen atoms in total. The van der Waals surface area contributed by atoms with Crippen LogP contribution in [0, 0.1) is 11.3 Å². The fraction of sp³-hybridized carbons (Fsp3) is 0.929. The lowest BCUT2D eigenvalue weighted by atomic mass is 9.70. The van der Waals surface area contributed by atoms with Gasteiger partial charge in [0.1, 0.15) is 0 Å². The highest BCUT2D eigenvalue weighted by Crippen LogP contribution is 2.40. The average molecular weight is 241 g/mol. The molecule has 0 radical (unpaired) electrons. The molecule has 0 aromatic rings. The fourth-order valence-electron chi connectivity index (χ4n) is 3.23. The minimum atomic E-state index is -0.684. The smallest absolute Gasteiger partial charge is 0.303 e. The molecular formula is C14H27NO2. The van der Waals surface area contributed by atoms with E-state index in [2.05, 4.69) is 32.7 Å². The highest BCUT2D eigenvalue weighted by atomic mass is 16.4. The summed E-state index contributed by atoms with van der Waals surface area (Å²) in [6, 6.07) is 0.636. The van der Waals surface area contributed by atoms with Crippen LogP contribution in [0.5, 0.6) is 0 Å². The van der Waals surface area contributed by atoms with Crippen molar-refractivity contribution in [3.63, 3.8) is 0 Å². The van der Waals surface area contributed by atoms with Gasteiger partial charge < -0.3 is 10.0 Å². The highest BCUT2D eigenvalue weighted by Gasteiger charge is 2.33. The van der Waals surface area contributed by atoms with E-state index in [4.69, 9.17) is 5.11 Å². The van der Waals surface area contributed by atoms with Gasteiger partial charge in [-0.15, -0.1) is 0 Å². The van der Waals surface area contributed by atoms with Crippen LogP contribution in [0.1, 0.15) is 52.9 Å². The van der Waals surface area contributed by atoms with Crippen molar-refractivity contribution in [2.75, 3.05) is 13.6 Å². The molecule has 0 bridgehead atoms. The van der Waals surface area contributed by atoms with Gasteiger partial charge in [0.25, 0.3) is 0 Å². The molecule has 0 amide bonds. The molecule has 17 heavy (non-hydrogen) atoms. The van der Waals surface area contributed by atoms with E-state index in [0.717, 1.165) is 13.0 Å². The van der Waals surface area contributed by atoms with Crippen LogP contribution >= 0.6 is 0 Å². The molecule has 2 unspecified atom stereocenters. The summed E-state index contributed by atoms with van der Waals surface area (Å²) in [4.78, 5) is 12.9. The molecule has 100 valence electrons. The average Bonchev–Trinajstić information content (AvgIpc) is 2.14. The van der Waals surface area contributed by atoms with Crippen molar-refractivity contribution in [3.05, 3.63) is 0 Å². The number of hydrogen-bond acceptors (Lipinski definition) is 2. The van der Waals surface area contributed by atoms with Crippen LogP contribution in [0.25, 0.3) is 0 Å². The zero-order chi connectivity index (χ0) is 13.1. The highest BCUT2D eigenvalue weighted by molar-refractivity contribution is 5.66. The largest absolute Gasteiger partial charge is 0.481 e. The van der Waals surface area contributed by atoms with Gasteiger partial charge in [-0.1, -0.05) is 20.8 Å². The second kappa shape index (κ2) is 5.85. The number of aliphatic carboxylic acids is 1. The first-order valence-electron chi connectivity index (χ1n) is 6.74. The Morgan fingerprint density at radius 1 is 1.47 bits per heavy atom. The number of rotatable bonds is 5.